The fourth-order valence-corrected chi connectivity index (χ4v) is 5.10. The van der Waals surface area contributed by atoms with E-state index in [1.807, 2.05) is 0 Å². The Balaban J connectivity index is 1.44. The van der Waals surface area contributed by atoms with Crippen molar-refractivity contribution in [3.63, 3.8) is 0 Å². The van der Waals surface area contributed by atoms with Crippen molar-refractivity contribution in [3.8, 4) is 17.3 Å². The summed E-state index contributed by atoms with van der Waals surface area (Å²) in [5.41, 5.74) is 0.964. The number of aliphatic hydroxyl groups excluding tert-OH is 2. The average Bonchev–Trinajstić information content (AvgIpc) is 3.14. The number of carbonyl (C=O) groups excluding carboxylic acids is 1. The van der Waals surface area contributed by atoms with Crippen LogP contribution in [0.25, 0.3) is 28.5 Å². The van der Waals surface area contributed by atoms with Crippen LogP contribution in [0.15, 0.2) is 31.1 Å². The van der Waals surface area contributed by atoms with Crippen molar-refractivity contribution in [3.05, 3.63) is 31.1 Å². The quantitative estimate of drug-likeness (QED) is 0.283. The van der Waals surface area contributed by atoms with Crippen LogP contribution in [-0.4, -0.2) is 86.9 Å². The number of aromatic nitrogens is 9. The highest BCUT2D eigenvalue weighted by atomic mass is 16.3. The van der Waals surface area contributed by atoms with Gasteiger partial charge in [0, 0.05) is 32.4 Å². The maximum atomic E-state index is 12.5. The standard InChI is InChI=1S/C20H21N11O3/c1-21-16-12-17(27-19(26-16)31-7-11(28-29-31)10-6-23-3-4-24-10)30(8-25-12)13-9-5-20(9,18(34)22-2)15(33)14(13)32/h3-4,6-9,13-15,32-33H,5H2,1-2H3,(H,22,34)(H,21,26,27)/t9?,13-,14+,15?,20-/m1/s1. The number of imidazole rings is 1. The van der Waals surface area contributed by atoms with Gasteiger partial charge in [0.05, 0.1) is 36.3 Å². The minimum absolute atomic E-state index is 0.225. The number of fused-ring (bicyclic) bond motifs is 2. The first-order valence-electron chi connectivity index (χ1n) is 10.7. The Morgan fingerprint density at radius 2 is 2.03 bits per heavy atom. The molecule has 4 aromatic rings. The second-order valence-corrected chi connectivity index (χ2v) is 8.44. The lowest BCUT2D eigenvalue weighted by Crippen LogP contribution is -2.41. The molecule has 14 nitrogen and oxygen atoms in total. The van der Waals surface area contributed by atoms with Gasteiger partial charge < -0.3 is 25.4 Å². The molecule has 34 heavy (non-hydrogen) atoms. The molecule has 14 heteroatoms. The molecule has 4 aromatic heterocycles. The molecule has 4 N–H and O–H groups in total. The first kappa shape index (κ1) is 20.6. The van der Waals surface area contributed by atoms with Crippen LogP contribution in [0.4, 0.5) is 5.82 Å². The van der Waals surface area contributed by atoms with Gasteiger partial charge in [-0.05, 0) is 6.42 Å². The highest BCUT2D eigenvalue weighted by Crippen LogP contribution is 2.67. The molecule has 2 fully saturated rings. The summed E-state index contributed by atoms with van der Waals surface area (Å²) in [5, 5.41) is 35.5. The molecule has 6 rings (SSSR count). The molecule has 4 heterocycles. The molecule has 1 amide bonds. The number of rotatable bonds is 5. The van der Waals surface area contributed by atoms with E-state index in [1.165, 1.54) is 11.7 Å². The van der Waals surface area contributed by atoms with Crippen molar-refractivity contribution in [1.29, 1.82) is 0 Å². The molecule has 0 saturated heterocycles. The molecule has 5 atom stereocenters. The summed E-state index contributed by atoms with van der Waals surface area (Å²) in [6, 6.07) is -0.573. The fraction of sp³-hybridized carbons (Fsp3) is 0.400. The van der Waals surface area contributed by atoms with E-state index in [-0.39, 0.29) is 17.8 Å². The van der Waals surface area contributed by atoms with Gasteiger partial charge in [0.1, 0.15) is 17.5 Å². The number of anilines is 1. The van der Waals surface area contributed by atoms with Gasteiger partial charge >= 0.3 is 0 Å². The largest absolute Gasteiger partial charge is 0.389 e. The van der Waals surface area contributed by atoms with Gasteiger partial charge in [-0.2, -0.15) is 14.6 Å². The van der Waals surface area contributed by atoms with Crippen molar-refractivity contribution in [2.24, 2.45) is 11.3 Å². The second-order valence-electron chi connectivity index (χ2n) is 8.44. The monoisotopic (exact) mass is 463 g/mol. The number of nitrogens with zero attached hydrogens (tertiary/aromatic N) is 9. The predicted octanol–water partition coefficient (Wildman–Crippen LogP) is -1.07. The van der Waals surface area contributed by atoms with Gasteiger partial charge in [-0.25, -0.2) is 4.98 Å². The maximum Gasteiger partial charge on any atom is 0.256 e. The van der Waals surface area contributed by atoms with Crippen molar-refractivity contribution >= 4 is 22.9 Å². The second kappa shape index (κ2) is 7.23. The molecular weight excluding hydrogens is 442 g/mol. The van der Waals surface area contributed by atoms with E-state index < -0.39 is 23.7 Å². The van der Waals surface area contributed by atoms with Gasteiger partial charge in [0.15, 0.2) is 17.0 Å². The predicted molar refractivity (Wildman–Crippen MR) is 116 cm³/mol. The van der Waals surface area contributed by atoms with Gasteiger partial charge in [-0.15, -0.1) is 5.10 Å². The number of carbonyl (C=O) groups is 1. The van der Waals surface area contributed by atoms with Crippen LogP contribution in [-0.2, 0) is 4.79 Å². The fourth-order valence-electron chi connectivity index (χ4n) is 5.10. The summed E-state index contributed by atoms with van der Waals surface area (Å²) < 4.78 is 3.12. The highest BCUT2D eigenvalue weighted by molar-refractivity contribution is 5.88. The van der Waals surface area contributed by atoms with Crippen molar-refractivity contribution < 1.29 is 15.0 Å². The van der Waals surface area contributed by atoms with E-state index in [2.05, 4.69) is 45.9 Å². The highest BCUT2D eigenvalue weighted by Gasteiger charge is 2.75. The number of nitrogens with one attached hydrogen (secondary N) is 2. The van der Waals surface area contributed by atoms with Crippen LogP contribution in [0.2, 0.25) is 0 Å². The lowest BCUT2D eigenvalue weighted by Gasteiger charge is -2.23. The number of hydrogen-bond donors (Lipinski definition) is 4. The van der Waals surface area contributed by atoms with E-state index in [0.29, 0.717) is 34.8 Å². The number of amides is 1. The van der Waals surface area contributed by atoms with Gasteiger partial charge in [-0.1, -0.05) is 5.21 Å². The lowest BCUT2D eigenvalue weighted by molar-refractivity contribution is -0.132. The van der Waals surface area contributed by atoms with Crippen LogP contribution in [0.1, 0.15) is 12.5 Å². The van der Waals surface area contributed by atoms with Crippen LogP contribution in [0.5, 0.6) is 0 Å². The normalized spacial score (nSPS) is 27.5. The van der Waals surface area contributed by atoms with E-state index >= 15 is 0 Å². The zero-order chi connectivity index (χ0) is 23.6. The Bertz CT molecular complexity index is 1400. The third-order valence-corrected chi connectivity index (χ3v) is 6.81. The van der Waals surface area contributed by atoms with Crippen molar-refractivity contribution in [2.45, 2.75) is 24.7 Å². The third kappa shape index (κ3) is 2.69. The summed E-state index contributed by atoms with van der Waals surface area (Å²) in [7, 11) is 3.24. The first-order chi connectivity index (χ1) is 16.5. The molecule has 2 aliphatic carbocycles. The van der Waals surface area contributed by atoms with Crippen LogP contribution in [0, 0.1) is 11.3 Å². The number of hydrogen-bond acceptors (Lipinski definition) is 11. The zero-order valence-electron chi connectivity index (χ0n) is 18.2. The molecule has 0 aromatic carbocycles. The molecule has 0 aliphatic heterocycles. The van der Waals surface area contributed by atoms with E-state index in [0.717, 1.165) is 0 Å². The molecule has 2 unspecified atom stereocenters. The summed E-state index contributed by atoms with van der Waals surface area (Å²) in [5.74, 6) is 0.154. The van der Waals surface area contributed by atoms with Crippen LogP contribution >= 0.6 is 0 Å². The molecule has 2 saturated carbocycles. The van der Waals surface area contributed by atoms with Crippen molar-refractivity contribution in [2.75, 3.05) is 19.4 Å². The van der Waals surface area contributed by atoms with Gasteiger partial charge in [0.2, 0.25) is 5.91 Å². The minimum atomic E-state index is -1.19. The maximum absolute atomic E-state index is 12.5. The SMILES string of the molecule is CNC(=O)[C@]12CC1[C@@H](n1cnc3c(NC)nc(-n4cc(-c5cnccn5)nn4)nc31)[C@H](O)C2O. The Labute approximate surface area is 192 Å². The molecule has 174 valence electrons. The molecule has 2 aliphatic rings. The van der Waals surface area contributed by atoms with Crippen LogP contribution in [0.3, 0.4) is 0 Å². The summed E-state index contributed by atoms with van der Waals surface area (Å²) in [4.78, 5) is 34.4. The van der Waals surface area contributed by atoms with E-state index in [1.54, 1.807) is 42.7 Å². The first-order valence-corrected chi connectivity index (χ1v) is 10.7. The molecule has 0 bridgehead atoms. The molecular formula is C20H21N11O3. The smallest absolute Gasteiger partial charge is 0.256 e. The Kier molecular flexibility index (Phi) is 4.37. The Hall–Kier alpha value is -4.04. The minimum Gasteiger partial charge on any atom is -0.389 e. The van der Waals surface area contributed by atoms with E-state index in [4.69, 9.17) is 0 Å². The van der Waals surface area contributed by atoms with Crippen LogP contribution < -0.4 is 10.6 Å². The zero-order valence-corrected chi connectivity index (χ0v) is 18.2. The summed E-state index contributed by atoms with van der Waals surface area (Å²) in [6.07, 6.45) is 6.02. The lowest BCUT2D eigenvalue weighted by atomic mass is 9.98. The van der Waals surface area contributed by atoms with Gasteiger partial charge in [0.25, 0.3) is 5.95 Å². The van der Waals surface area contributed by atoms with Gasteiger partial charge in [-0.3, -0.25) is 14.8 Å². The average molecular weight is 463 g/mol. The Morgan fingerprint density at radius 1 is 1.18 bits per heavy atom. The van der Waals surface area contributed by atoms with Crippen molar-refractivity contribution in [1.82, 2.24) is 49.8 Å². The summed E-state index contributed by atoms with van der Waals surface area (Å²) in [6.45, 7) is 0. The molecule has 0 spiro atoms. The topological polar surface area (TPSA) is 182 Å². The third-order valence-electron chi connectivity index (χ3n) is 6.81. The number of aliphatic hydroxyl groups is 2. The summed E-state index contributed by atoms with van der Waals surface area (Å²) >= 11 is 0. The Morgan fingerprint density at radius 3 is 2.76 bits per heavy atom. The molecule has 0 radical (unpaired) electrons. The van der Waals surface area contributed by atoms with E-state index in [9.17, 15) is 15.0 Å².